The molecule has 0 aromatic heterocycles. The van der Waals surface area contributed by atoms with E-state index in [2.05, 4.69) is 4.74 Å². The fraction of sp³-hybridized carbons (Fsp3) is 0.182. The molecule has 0 saturated carbocycles. The van der Waals surface area contributed by atoms with Crippen molar-refractivity contribution in [3.63, 3.8) is 0 Å². The summed E-state index contributed by atoms with van der Waals surface area (Å²) in [6.07, 6.45) is 0. The molecule has 1 aromatic rings. The van der Waals surface area contributed by atoms with Crippen LogP contribution in [0.5, 0.6) is 0 Å². The number of nitrogens with zero attached hydrogens (tertiary/aromatic N) is 1. The average Bonchev–Trinajstić information content (AvgIpc) is 2.60. The number of nitro groups is 1. The molecular weight excluding hydrogens is 242 g/mol. The van der Waals surface area contributed by atoms with Crippen molar-refractivity contribution in [3.05, 3.63) is 45.5 Å². The number of benzene rings is 1. The molecule has 0 atom stereocenters. The van der Waals surface area contributed by atoms with E-state index in [1.54, 1.807) is 0 Å². The standard InChI is InChI=1S/C11H7NO6/c1-18-10(15)11(12(16)17)8(13)6-4-2-3-5-7(6)9(11)14/h2-5H,1H3. The predicted octanol–water partition coefficient (Wildman–Crippen LogP) is 0.254. The first kappa shape index (κ1) is 11.9. The Morgan fingerprint density at radius 1 is 1.22 bits per heavy atom. The Bertz CT molecular complexity index is 556. The number of carbonyl (C=O) groups is 3. The lowest BCUT2D eigenvalue weighted by Crippen LogP contribution is -2.56. The minimum atomic E-state index is -2.99. The number of fused-ring (bicyclic) bond motifs is 1. The number of hydrogen-bond donors (Lipinski definition) is 0. The van der Waals surface area contributed by atoms with Crippen molar-refractivity contribution in [3.8, 4) is 0 Å². The van der Waals surface area contributed by atoms with Crippen LogP contribution >= 0.6 is 0 Å². The molecule has 1 aromatic carbocycles. The number of rotatable bonds is 2. The van der Waals surface area contributed by atoms with Gasteiger partial charge in [0.05, 0.1) is 12.0 Å². The van der Waals surface area contributed by atoms with E-state index in [4.69, 9.17) is 0 Å². The van der Waals surface area contributed by atoms with Crippen LogP contribution in [0.2, 0.25) is 0 Å². The smallest absolute Gasteiger partial charge is 0.439 e. The normalized spacial score (nSPS) is 16.3. The Balaban J connectivity index is 2.74. The third-order valence-corrected chi connectivity index (χ3v) is 2.83. The maximum Gasteiger partial charge on any atom is 0.439 e. The van der Waals surface area contributed by atoms with E-state index in [9.17, 15) is 24.5 Å². The van der Waals surface area contributed by atoms with E-state index in [0.717, 1.165) is 7.11 Å². The van der Waals surface area contributed by atoms with Gasteiger partial charge in [-0.05, 0) is 0 Å². The van der Waals surface area contributed by atoms with Crippen molar-refractivity contribution in [1.29, 1.82) is 0 Å². The maximum atomic E-state index is 12.0. The predicted molar refractivity (Wildman–Crippen MR) is 56.8 cm³/mol. The Morgan fingerprint density at radius 2 is 1.67 bits per heavy atom. The van der Waals surface area contributed by atoms with Crippen LogP contribution in [0.25, 0.3) is 0 Å². The second kappa shape index (κ2) is 3.73. The van der Waals surface area contributed by atoms with E-state index in [1.807, 2.05) is 0 Å². The number of esters is 1. The molecule has 92 valence electrons. The SMILES string of the molecule is COC(=O)C1([N+](=O)[O-])C(=O)c2ccccc2C1=O. The molecule has 0 radical (unpaired) electrons. The highest BCUT2D eigenvalue weighted by Crippen LogP contribution is 2.33. The third kappa shape index (κ3) is 1.15. The summed E-state index contributed by atoms with van der Waals surface area (Å²) in [5.74, 6) is -3.78. The Labute approximate surface area is 101 Å². The molecule has 1 aliphatic carbocycles. The fourth-order valence-corrected chi connectivity index (χ4v) is 1.95. The first-order chi connectivity index (χ1) is 8.47. The van der Waals surface area contributed by atoms with Gasteiger partial charge in [-0.15, -0.1) is 0 Å². The molecule has 0 aliphatic heterocycles. The first-order valence-electron chi connectivity index (χ1n) is 4.89. The molecular formula is C11H7NO6. The van der Waals surface area contributed by atoms with Gasteiger partial charge in [0.1, 0.15) is 0 Å². The van der Waals surface area contributed by atoms with Gasteiger partial charge in [-0.3, -0.25) is 19.7 Å². The van der Waals surface area contributed by atoms with Gasteiger partial charge in [0.25, 0.3) is 11.6 Å². The highest BCUT2D eigenvalue weighted by Gasteiger charge is 2.71. The van der Waals surface area contributed by atoms with Gasteiger partial charge >= 0.3 is 11.5 Å². The zero-order valence-electron chi connectivity index (χ0n) is 9.21. The van der Waals surface area contributed by atoms with Gasteiger partial charge in [-0.1, -0.05) is 24.3 Å². The molecule has 0 amide bonds. The fourth-order valence-electron chi connectivity index (χ4n) is 1.95. The number of carbonyl (C=O) groups excluding carboxylic acids is 3. The second-order valence-electron chi connectivity index (χ2n) is 3.66. The summed E-state index contributed by atoms with van der Waals surface area (Å²) in [5.41, 5.74) is -3.26. The largest absolute Gasteiger partial charge is 0.463 e. The van der Waals surface area contributed by atoms with E-state index < -0.39 is 28.0 Å². The molecule has 2 rings (SSSR count). The molecule has 0 spiro atoms. The number of Topliss-reactive ketones (excluding diaryl/α,β-unsaturated/α-hetero) is 2. The van der Waals surface area contributed by atoms with Crippen LogP contribution in [0, 0.1) is 10.1 Å². The van der Waals surface area contributed by atoms with Crippen LogP contribution in [0.1, 0.15) is 20.7 Å². The molecule has 7 heteroatoms. The van der Waals surface area contributed by atoms with Gasteiger partial charge in [0, 0.05) is 11.1 Å². The molecule has 0 N–H and O–H groups in total. The van der Waals surface area contributed by atoms with Crippen LogP contribution < -0.4 is 0 Å². The Hall–Kier alpha value is -2.57. The molecule has 18 heavy (non-hydrogen) atoms. The lowest BCUT2D eigenvalue weighted by atomic mass is 9.94. The highest BCUT2D eigenvalue weighted by atomic mass is 16.6. The van der Waals surface area contributed by atoms with E-state index in [0.29, 0.717) is 0 Å². The summed E-state index contributed by atoms with van der Waals surface area (Å²) in [6, 6.07) is 5.45. The van der Waals surface area contributed by atoms with Crippen molar-refractivity contribution < 1.29 is 24.0 Å². The highest BCUT2D eigenvalue weighted by molar-refractivity contribution is 6.41. The van der Waals surface area contributed by atoms with Crippen LogP contribution in [0.15, 0.2) is 24.3 Å². The lowest BCUT2D eigenvalue weighted by molar-refractivity contribution is -0.517. The van der Waals surface area contributed by atoms with Crippen LogP contribution in [0.4, 0.5) is 0 Å². The van der Waals surface area contributed by atoms with Crippen molar-refractivity contribution in [2.75, 3.05) is 7.11 Å². The molecule has 0 saturated heterocycles. The van der Waals surface area contributed by atoms with Crippen LogP contribution in [-0.2, 0) is 9.53 Å². The second-order valence-corrected chi connectivity index (χ2v) is 3.66. The van der Waals surface area contributed by atoms with Crippen molar-refractivity contribution in [2.45, 2.75) is 5.54 Å². The molecule has 0 heterocycles. The van der Waals surface area contributed by atoms with Gasteiger partial charge in [0.15, 0.2) is 0 Å². The van der Waals surface area contributed by atoms with Crippen molar-refractivity contribution in [1.82, 2.24) is 0 Å². The summed E-state index contributed by atoms with van der Waals surface area (Å²) in [5, 5.41) is 11.1. The summed E-state index contributed by atoms with van der Waals surface area (Å²) in [4.78, 5) is 45.5. The van der Waals surface area contributed by atoms with Crippen LogP contribution in [0.3, 0.4) is 0 Å². The number of ketones is 2. The number of hydrogen-bond acceptors (Lipinski definition) is 6. The molecule has 7 nitrogen and oxygen atoms in total. The van der Waals surface area contributed by atoms with E-state index >= 15 is 0 Å². The monoisotopic (exact) mass is 249 g/mol. The quantitative estimate of drug-likeness (QED) is 0.322. The van der Waals surface area contributed by atoms with Gasteiger partial charge in [-0.25, -0.2) is 4.79 Å². The molecule has 0 fully saturated rings. The topological polar surface area (TPSA) is 104 Å². The Kier molecular flexibility index (Phi) is 2.46. The third-order valence-electron chi connectivity index (χ3n) is 2.83. The Morgan fingerprint density at radius 3 is 2.00 bits per heavy atom. The minimum absolute atomic E-state index is 0.135. The zero-order valence-corrected chi connectivity index (χ0v) is 9.21. The summed E-state index contributed by atoms with van der Waals surface area (Å²) < 4.78 is 4.25. The molecule has 0 bridgehead atoms. The molecule has 1 aliphatic rings. The zero-order chi connectivity index (χ0) is 13.5. The number of methoxy groups -OCH3 is 1. The van der Waals surface area contributed by atoms with Gasteiger partial charge < -0.3 is 4.74 Å². The van der Waals surface area contributed by atoms with Gasteiger partial charge in [0.2, 0.25) is 0 Å². The van der Waals surface area contributed by atoms with Crippen LogP contribution in [-0.4, -0.2) is 35.1 Å². The maximum absolute atomic E-state index is 12.0. The van der Waals surface area contributed by atoms with Gasteiger partial charge in [-0.2, -0.15) is 0 Å². The van der Waals surface area contributed by atoms with E-state index in [-0.39, 0.29) is 11.1 Å². The average molecular weight is 249 g/mol. The summed E-state index contributed by atoms with van der Waals surface area (Å²) >= 11 is 0. The first-order valence-corrected chi connectivity index (χ1v) is 4.89. The lowest BCUT2D eigenvalue weighted by Gasteiger charge is -2.13. The van der Waals surface area contributed by atoms with E-state index in [1.165, 1.54) is 24.3 Å². The van der Waals surface area contributed by atoms with Crippen molar-refractivity contribution in [2.24, 2.45) is 0 Å². The summed E-state index contributed by atoms with van der Waals surface area (Å²) in [7, 11) is 0.886. The minimum Gasteiger partial charge on any atom is -0.463 e. The molecule has 0 unspecified atom stereocenters. The summed E-state index contributed by atoms with van der Waals surface area (Å²) in [6.45, 7) is 0. The number of ether oxygens (including phenoxy) is 1. The van der Waals surface area contributed by atoms with Crippen molar-refractivity contribution >= 4 is 17.5 Å².